The van der Waals surface area contributed by atoms with E-state index in [4.69, 9.17) is 18.9 Å². The molecule has 1 aliphatic heterocycles. The summed E-state index contributed by atoms with van der Waals surface area (Å²) in [5.41, 5.74) is 0. The van der Waals surface area contributed by atoms with Gasteiger partial charge in [0.25, 0.3) is 10.1 Å². The molecule has 0 amide bonds. The first-order chi connectivity index (χ1) is 30.5. The van der Waals surface area contributed by atoms with Gasteiger partial charge in [0, 0.05) is 12.8 Å². The largest absolute Gasteiger partial charge is 0.462 e. The zero-order chi connectivity index (χ0) is 46.2. The topological polar surface area (TPSA) is 186 Å². The minimum atomic E-state index is -4.60. The molecular weight excluding hydrogens is 825 g/mol. The zero-order valence-electron chi connectivity index (χ0n) is 40.0. The number of rotatable bonds is 44. The van der Waals surface area contributed by atoms with Gasteiger partial charge in [-0.05, 0) is 32.1 Å². The average molecular weight is 919 g/mol. The monoisotopic (exact) mass is 919 g/mol. The van der Waals surface area contributed by atoms with Gasteiger partial charge in [-0.1, -0.05) is 206 Å². The number of carbonyl (C=O) groups is 2. The Morgan fingerprint density at radius 2 is 0.921 bits per heavy atom. The molecule has 1 aliphatic rings. The number of hydrogen-bond acceptors (Lipinski definition) is 11. The van der Waals surface area contributed by atoms with Crippen molar-refractivity contribution < 1.29 is 56.8 Å². The van der Waals surface area contributed by atoms with E-state index in [0.717, 1.165) is 57.8 Å². The third-order valence-electron chi connectivity index (χ3n) is 12.1. The van der Waals surface area contributed by atoms with Crippen LogP contribution in [0.25, 0.3) is 0 Å². The van der Waals surface area contributed by atoms with E-state index in [-0.39, 0.29) is 19.4 Å². The maximum absolute atomic E-state index is 12.8. The molecule has 1 heterocycles. The van der Waals surface area contributed by atoms with Crippen LogP contribution in [-0.2, 0) is 38.7 Å². The SMILES string of the molecule is CCCC/C=C\CCCCCCCC(=O)OC(COC(=O)CCCCCCCCCCCCCCCCCCCCCCCCCC)COC1OC(CS(=O)(=O)O)C(O)C(O)C1O. The summed E-state index contributed by atoms with van der Waals surface area (Å²) < 4.78 is 54.1. The number of hydrogen-bond donors (Lipinski definition) is 4. The fourth-order valence-electron chi connectivity index (χ4n) is 8.07. The van der Waals surface area contributed by atoms with E-state index < -0.39 is 71.2 Å². The molecule has 0 aromatic heterocycles. The van der Waals surface area contributed by atoms with Crippen LogP contribution in [0.4, 0.5) is 0 Å². The molecule has 0 aromatic rings. The van der Waals surface area contributed by atoms with Crippen LogP contribution < -0.4 is 0 Å². The number of aliphatic hydroxyl groups excluding tert-OH is 3. The number of esters is 2. The van der Waals surface area contributed by atoms with E-state index >= 15 is 0 Å². The van der Waals surface area contributed by atoms with Crippen LogP contribution in [-0.4, -0.2) is 96.0 Å². The van der Waals surface area contributed by atoms with Crippen LogP contribution >= 0.6 is 0 Å². The highest BCUT2D eigenvalue weighted by molar-refractivity contribution is 7.85. The van der Waals surface area contributed by atoms with Gasteiger partial charge in [-0.15, -0.1) is 0 Å². The van der Waals surface area contributed by atoms with Crippen molar-refractivity contribution in [3.05, 3.63) is 12.2 Å². The Bertz CT molecular complexity index is 1210. The number of carbonyl (C=O) groups excluding carboxylic acids is 2. The molecule has 6 unspecified atom stereocenters. The van der Waals surface area contributed by atoms with Gasteiger partial charge in [0.15, 0.2) is 12.4 Å². The van der Waals surface area contributed by atoms with Gasteiger partial charge in [-0.3, -0.25) is 14.1 Å². The zero-order valence-corrected chi connectivity index (χ0v) is 40.8. The summed E-state index contributed by atoms with van der Waals surface area (Å²) in [6, 6.07) is 0. The van der Waals surface area contributed by atoms with Crippen molar-refractivity contribution in [2.45, 2.75) is 275 Å². The van der Waals surface area contributed by atoms with Crippen LogP contribution in [0.2, 0.25) is 0 Å². The van der Waals surface area contributed by atoms with Gasteiger partial charge in [-0.2, -0.15) is 8.42 Å². The van der Waals surface area contributed by atoms with E-state index in [1.54, 1.807) is 0 Å². The smallest absolute Gasteiger partial charge is 0.306 e. The molecule has 12 nitrogen and oxygen atoms in total. The lowest BCUT2D eigenvalue weighted by Gasteiger charge is -2.40. The summed E-state index contributed by atoms with van der Waals surface area (Å²) in [5.74, 6) is -1.98. The molecule has 4 N–H and O–H groups in total. The summed E-state index contributed by atoms with van der Waals surface area (Å²) >= 11 is 0. The van der Waals surface area contributed by atoms with Crippen LogP contribution in [0.5, 0.6) is 0 Å². The van der Waals surface area contributed by atoms with Crippen molar-refractivity contribution in [3.8, 4) is 0 Å². The van der Waals surface area contributed by atoms with Crippen molar-refractivity contribution in [1.29, 1.82) is 0 Å². The molecule has 0 bridgehead atoms. The number of unbranched alkanes of at least 4 members (excludes halogenated alkanes) is 30. The molecular formula is C50H94O12S. The van der Waals surface area contributed by atoms with E-state index in [9.17, 15) is 37.9 Å². The second-order valence-electron chi connectivity index (χ2n) is 18.2. The molecule has 0 radical (unpaired) electrons. The van der Waals surface area contributed by atoms with E-state index in [2.05, 4.69) is 26.0 Å². The van der Waals surface area contributed by atoms with Gasteiger partial charge in [0.05, 0.1) is 6.61 Å². The lowest BCUT2D eigenvalue weighted by Crippen LogP contribution is -2.60. The lowest BCUT2D eigenvalue weighted by molar-refractivity contribution is -0.297. The Labute approximate surface area is 384 Å². The molecule has 0 aliphatic carbocycles. The average Bonchev–Trinajstić information content (AvgIpc) is 3.25. The van der Waals surface area contributed by atoms with Crippen molar-refractivity contribution in [3.63, 3.8) is 0 Å². The van der Waals surface area contributed by atoms with Crippen molar-refractivity contribution in [2.24, 2.45) is 0 Å². The van der Waals surface area contributed by atoms with Gasteiger partial charge < -0.3 is 34.3 Å². The highest BCUT2D eigenvalue weighted by Crippen LogP contribution is 2.24. The fraction of sp³-hybridized carbons (Fsp3) is 0.920. The Kier molecular flexibility index (Phi) is 38.3. The van der Waals surface area contributed by atoms with Crippen molar-refractivity contribution in [2.75, 3.05) is 19.0 Å². The third-order valence-corrected chi connectivity index (χ3v) is 12.8. The predicted octanol–water partition coefficient (Wildman–Crippen LogP) is 11.4. The standard InChI is InChI=1S/C50H94O12S/c1-3-5-7-9-11-13-15-16-17-18-19-20-21-22-23-24-25-26-27-29-30-32-34-36-38-45(51)59-40-43(61-46(52)39-37-35-33-31-28-14-12-10-8-6-4-2)41-60-50-49(55)48(54)47(53)44(62-50)42-63(56,57)58/h10,12,43-44,47-50,53-55H,3-9,11,13-42H2,1-2H3,(H,56,57,58)/b12-10-. The van der Waals surface area contributed by atoms with Gasteiger partial charge >= 0.3 is 11.9 Å². The summed E-state index contributed by atoms with van der Waals surface area (Å²) in [6.45, 7) is 3.74. The molecule has 63 heavy (non-hydrogen) atoms. The minimum absolute atomic E-state index is 0.158. The maximum Gasteiger partial charge on any atom is 0.306 e. The Morgan fingerprint density at radius 1 is 0.524 bits per heavy atom. The maximum atomic E-state index is 12.8. The normalized spacial score (nSPS) is 19.7. The third kappa shape index (κ3) is 35.3. The molecule has 1 fully saturated rings. The summed E-state index contributed by atoms with van der Waals surface area (Å²) in [4.78, 5) is 25.4. The highest BCUT2D eigenvalue weighted by Gasteiger charge is 2.46. The number of allylic oxidation sites excluding steroid dienone is 2. The van der Waals surface area contributed by atoms with Crippen LogP contribution in [0.3, 0.4) is 0 Å². The predicted molar refractivity (Wildman–Crippen MR) is 252 cm³/mol. The van der Waals surface area contributed by atoms with E-state index in [0.29, 0.717) is 12.8 Å². The first kappa shape index (κ1) is 59.4. The molecule has 0 saturated carbocycles. The Morgan fingerprint density at radius 3 is 1.37 bits per heavy atom. The summed E-state index contributed by atoms with van der Waals surface area (Å²) in [5, 5.41) is 30.9. The van der Waals surface area contributed by atoms with Crippen molar-refractivity contribution in [1.82, 2.24) is 0 Å². The summed E-state index contributed by atoms with van der Waals surface area (Å²) in [7, 11) is -4.60. The molecule has 1 rings (SSSR count). The molecule has 0 spiro atoms. The van der Waals surface area contributed by atoms with Crippen LogP contribution in [0.1, 0.15) is 239 Å². The van der Waals surface area contributed by atoms with Crippen LogP contribution in [0.15, 0.2) is 12.2 Å². The van der Waals surface area contributed by atoms with E-state index in [1.807, 2.05) is 0 Å². The minimum Gasteiger partial charge on any atom is -0.462 e. The highest BCUT2D eigenvalue weighted by atomic mass is 32.2. The Balaban J connectivity index is 2.28. The molecule has 372 valence electrons. The second kappa shape index (κ2) is 40.6. The first-order valence-electron chi connectivity index (χ1n) is 25.7. The quantitative estimate of drug-likeness (QED) is 0.0196. The molecule has 13 heteroatoms. The summed E-state index contributed by atoms with van der Waals surface area (Å²) in [6.07, 6.45) is 35.6. The fourth-order valence-corrected chi connectivity index (χ4v) is 8.76. The number of aliphatic hydroxyl groups is 3. The van der Waals surface area contributed by atoms with Crippen molar-refractivity contribution >= 4 is 22.1 Å². The molecule has 6 atom stereocenters. The van der Waals surface area contributed by atoms with Crippen LogP contribution in [0, 0.1) is 0 Å². The van der Waals surface area contributed by atoms with Gasteiger partial charge in [0.2, 0.25) is 0 Å². The Hall–Kier alpha value is -1.61. The number of ether oxygens (including phenoxy) is 4. The second-order valence-corrected chi connectivity index (χ2v) is 19.7. The molecule has 1 saturated heterocycles. The van der Waals surface area contributed by atoms with Gasteiger partial charge in [0.1, 0.15) is 36.8 Å². The van der Waals surface area contributed by atoms with Gasteiger partial charge in [-0.25, -0.2) is 0 Å². The lowest BCUT2D eigenvalue weighted by atomic mass is 10.00. The first-order valence-corrected chi connectivity index (χ1v) is 27.4. The molecule has 0 aromatic carbocycles. The van der Waals surface area contributed by atoms with E-state index in [1.165, 1.54) is 141 Å².